The molecule has 0 saturated carbocycles. The number of carbonyl (C=O) groups is 1. The van der Waals surface area contributed by atoms with Crippen LogP contribution in [-0.2, 0) is 16.9 Å². The van der Waals surface area contributed by atoms with E-state index < -0.39 is 11.4 Å². The number of nitrogens with two attached hydrogens (primary N) is 1. The summed E-state index contributed by atoms with van der Waals surface area (Å²) in [5.41, 5.74) is 1.04. The van der Waals surface area contributed by atoms with Gasteiger partial charge in [0.05, 0.1) is 11.2 Å². The molecule has 2 aromatic carbocycles. The molecule has 3 N–H and O–H groups in total. The van der Waals surface area contributed by atoms with Gasteiger partial charge in [-0.05, 0) is 63.1 Å². The van der Waals surface area contributed by atoms with Crippen LogP contribution in [0, 0.1) is 18.6 Å². The molecular weight excluding hydrogens is 428 g/mol. The molecule has 2 heterocycles. The van der Waals surface area contributed by atoms with Crippen molar-refractivity contribution < 1.29 is 18.7 Å². The first-order valence-corrected chi connectivity index (χ1v) is 10.7. The highest BCUT2D eigenvalue weighted by Gasteiger charge is 2.43. The number of amides is 1. The Bertz CT molecular complexity index is 1210. The molecule has 1 aliphatic rings. The number of fused-ring (bicyclic) bond motifs is 1. The lowest BCUT2D eigenvalue weighted by atomic mass is 9.98. The first-order valence-electron chi connectivity index (χ1n) is 10.7. The van der Waals surface area contributed by atoms with Crippen LogP contribution in [0.25, 0.3) is 11.3 Å². The largest absolute Gasteiger partial charge is 0.396 e. The normalized spacial score (nSPS) is 15.0. The molecule has 174 valence electrons. The summed E-state index contributed by atoms with van der Waals surface area (Å²) in [5, 5.41) is 10.6. The van der Waals surface area contributed by atoms with E-state index >= 15 is 0 Å². The molecule has 0 bridgehead atoms. The van der Waals surface area contributed by atoms with Gasteiger partial charge in [-0.25, -0.2) is 19.6 Å². The van der Waals surface area contributed by atoms with E-state index in [9.17, 15) is 18.7 Å². The predicted octanol–water partition coefficient (Wildman–Crippen LogP) is 3.61. The van der Waals surface area contributed by atoms with Gasteiger partial charge in [0.1, 0.15) is 29.7 Å². The van der Waals surface area contributed by atoms with Crippen LogP contribution in [0.2, 0.25) is 0 Å². The van der Waals surface area contributed by atoms with Gasteiger partial charge in [0.25, 0.3) is 0 Å². The van der Waals surface area contributed by atoms with Crippen LogP contribution >= 0.6 is 0 Å². The Labute approximate surface area is 191 Å². The molecule has 1 aliphatic heterocycles. The zero-order chi connectivity index (χ0) is 23.9. The monoisotopic (exact) mass is 455 g/mol. The number of anilines is 2. The van der Waals surface area contributed by atoms with Crippen LogP contribution in [0.4, 0.5) is 20.3 Å². The van der Waals surface area contributed by atoms with Crippen LogP contribution in [0.15, 0.2) is 42.5 Å². The maximum Gasteiger partial charge on any atom is 0.243 e. The van der Waals surface area contributed by atoms with Crippen LogP contribution in [0.3, 0.4) is 0 Å². The Kier molecular flexibility index (Phi) is 5.94. The Morgan fingerprint density at radius 1 is 1.21 bits per heavy atom. The number of rotatable bonds is 6. The molecule has 7 nitrogen and oxygen atoms in total. The van der Waals surface area contributed by atoms with Crippen LogP contribution < -0.4 is 10.9 Å². The Morgan fingerprint density at radius 2 is 1.97 bits per heavy atom. The minimum Gasteiger partial charge on any atom is -0.396 e. The fraction of sp³-hybridized carbons (Fsp3) is 0.333. The summed E-state index contributed by atoms with van der Waals surface area (Å²) < 4.78 is 29.7. The topological polar surface area (TPSA) is 87.6 Å². The summed E-state index contributed by atoms with van der Waals surface area (Å²) in [6.07, 6.45) is 0.442. The quantitative estimate of drug-likeness (QED) is 0.438. The number of aromatic nitrogens is 2. The molecule has 0 spiro atoms. The zero-order valence-electron chi connectivity index (χ0n) is 18.8. The third kappa shape index (κ3) is 3.98. The van der Waals surface area contributed by atoms with Crippen LogP contribution in [0.1, 0.15) is 31.7 Å². The summed E-state index contributed by atoms with van der Waals surface area (Å²) in [5.74, 6) is 6.59. The van der Waals surface area contributed by atoms with Crippen molar-refractivity contribution in [1.82, 2.24) is 14.5 Å². The number of halogens is 2. The standard InChI is InChI=1S/C24H27F2N5O2/c1-15-12-18(8-9-19(15)26)31(27)22-21(16-6-4-7-17(25)13-16)28-23-24(2,3)30(10-5-11-32)20(33)14-29(22)23/h4,6-9,12-13,32H,5,10-11,14,27H2,1-3H3. The Balaban J connectivity index is 1.93. The van der Waals surface area contributed by atoms with E-state index in [0.717, 1.165) is 0 Å². The fourth-order valence-corrected chi connectivity index (χ4v) is 4.32. The van der Waals surface area contributed by atoms with E-state index in [2.05, 4.69) is 0 Å². The molecule has 0 atom stereocenters. The van der Waals surface area contributed by atoms with Crippen molar-refractivity contribution >= 4 is 17.4 Å². The van der Waals surface area contributed by atoms with E-state index in [1.54, 1.807) is 40.7 Å². The molecule has 1 amide bonds. The van der Waals surface area contributed by atoms with Gasteiger partial charge in [-0.2, -0.15) is 0 Å². The molecule has 33 heavy (non-hydrogen) atoms. The third-order valence-corrected chi connectivity index (χ3v) is 6.04. The number of imidazole rings is 1. The van der Waals surface area contributed by atoms with Gasteiger partial charge in [0.15, 0.2) is 5.82 Å². The van der Waals surface area contributed by atoms with Crippen molar-refractivity contribution in [2.24, 2.45) is 5.84 Å². The van der Waals surface area contributed by atoms with Gasteiger partial charge in [-0.1, -0.05) is 12.1 Å². The maximum atomic E-state index is 14.1. The molecule has 1 aromatic heterocycles. The second-order valence-electron chi connectivity index (χ2n) is 8.69. The third-order valence-electron chi connectivity index (χ3n) is 6.04. The van der Waals surface area contributed by atoms with Gasteiger partial charge in [0.2, 0.25) is 5.91 Å². The molecule has 0 saturated heterocycles. The number of aryl methyl sites for hydroxylation is 1. The Hall–Kier alpha value is -3.30. The number of hydrazine groups is 1. The van der Waals surface area contributed by atoms with E-state index in [1.807, 2.05) is 13.8 Å². The lowest BCUT2D eigenvalue weighted by molar-refractivity contribution is -0.140. The van der Waals surface area contributed by atoms with Crippen LogP contribution in [-0.4, -0.2) is 38.6 Å². The SMILES string of the molecule is Cc1cc(N(N)c2c(-c3cccc(F)c3)nc3n2CC(=O)N(CCCO)C3(C)C)ccc1F. The molecule has 0 radical (unpaired) electrons. The smallest absolute Gasteiger partial charge is 0.243 e. The zero-order valence-corrected chi connectivity index (χ0v) is 18.8. The average molecular weight is 456 g/mol. The van der Waals surface area contributed by atoms with Gasteiger partial charge >= 0.3 is 0 Å². The lowest BCUT2D eigenvalue weighted by Crippen LogP contribution is -2.53. The predicted molar refractivity (Wildman–Crippen MR) is 122 cm³/mol. The lowest BCUT2D eigenvalue weighted by Gasteiger charge is -2.42. The minimum atomic E-state index is -0.801. The van der Waals surface area contributed by atoms with Crippen molar-refractivity contribution in [1.29, 1.82) is 0 Å². The molecule has 4 rings (SSSR count). The molecule has 0 fully saturated rings. The second-order valence-corrected chi connectivity index (χ2v) is 8.69. The van der Waals surface area contributed by atoms with E-state index in [-0.39, 0.29) is 24.9 Å². The second kappa shape index (κ2) is 8.57. The minimum absolute atomic E-state index is 0.0181. The molecule has 0 unspecified atom stereocenters. The fourth-order valence-electron chi connectivity index (χ4n) is 4.32. The Morgan fingerprint density at radius 3 is 2.64 bits per heavy atom. The average Bonchev–Trinajstić information content (AvgIpc) is 3.15. The number of aliphatic hydroxyl groups is 1. The summed E-state index contributed by atoms with van der Waals surface area (Å²) in [6, 6.07) is 10.5. The van der Waals surface area contributed by atoms with E-state index in [4.69, 9.17) is 10.8 Å². The van der Waals surface area contributed by atoms with Gasteiger partial charge in [-0.15, -0.1) is 0 Å². The number of hydrogen-bond donors (Lipinski definition) is 2. The van der Waals surface area contributed by atoms with Crippen molar-refractivity contribution in [2.45, 2.75) is 39.3 Å². The first-order chi connectivity index (χ1) is 15.6. The molecule has 0 aliphatic carbocycles. The van der Waals surface area contributed by atoms with E-state index in [0.29, 0.717) is 47.1 Å². The highest BCUT2D eigenvalue weighted by molar-refractivity contribution is 5.83. The molecule has 9 heteroatoms. The van der Waals surface area contributed by atoms with E-state index in [1.165, 1.54) is 23.2 Å². The number of benzene rings is 2. The van der Waals surface area contributed by atoms with Crippen molar-refractivity contribution in [3.63, 3.8) is 0 Å². The number of carbonyl (C=O) groups excluding carboxylic acids is 1. The summed E-state index contributed by atoms with van der Waals surface area (Å²) in [7, 11) is 0. The summed E-state index contributed by atoms with van der Waals surface area (Å²) in [4.78, 5) is 19.6. The number of aliphatic hydroxyl groups excluding tert-OH is 1. The van der Waals surface area contributed by atoms with Gasteiger partial charge in [0, 0.05) is 18.7 Å². The maximum absolute atomic E-state index is 14.1. The number of hydrogen-bond acceptors (Lipinski definition) is 5. The molecule has 3 aromatic rings. The van der Waals surface area contributed by atoms with Crippen molar-refractivity contribution in [3.8, 4) is 11.3 Å². The molecular formula is C24H27F2N5O2. The highest BCUT2D eigenvalue weighted by Crippen LogP contribution is 2.41. The van der Waals surface area contributed by atoms with Crippen molar-refractivity contribution in [2.75, 3.05) is 18.2 Å². The highest BCUT2D eigenvalue weighted by atomic mass is 19.1. The van der Waals surface area contributed by atoms with Gasteiger partial charge < -0.3 is 14.6 Å². The van der Waals surface area contributed by atoms with Crippen molar-refractivity contribution in [3.05, 3.63) is 65.5 Å². The summed E-state index contributed by atoms with van der Waals surface area (Å²) >= 11 is 0. The van der Waals surface area contributed by atoms with Gasteiger partial charge in [-0.3, -0.25) is 9.80 Å². The first kappa shape index (κ1) is 22.9. The number of nitrogens with zero attached hydrogens (tertiary/aromatic N) is 4. The van der Waals surface area contributed by atoms with Crippen LogP contribution in [0.5, 0.6) is 0 Å². The summed E-state index contributed by atoms with van der Waals surface area (Å²) in [6.45, 7) is 5.72.